The van der Waals surface area contributed by atoms with E-state index in [1.807, 2.05) is 4.98 Å². The van der Waals surface area contributed by atoms with Crippen molar-refractivity contribution in [2.75, 3.05) is 0 Å². The van der Waals surface area contributed by atoms with Gasteiger partial charge in [0.05, 0.1) is 10.4 Å². The molecule has 0 atom stereocenters. The van der Waals surface area contributed by atoms with Crippen LogP contribution in [0.4, 0.5) is 14.5 Å². The Hall–Kier alpha value is -2.58. The number of nitro groups is 1. The van der Waals surface area contributed by atoms with Crippen LogP contribution < -0.4 is 11.2 Å². The van der Waals surface area contributed by atoms with E-state index >= 15 is 0 Å². The summed E-state index contributed by atoms with van der Waals surface area (Å²) < 4.78 is 30.4. The lowest BCUT2D eigenvalue weighted by Gasteiger charge is -1.99. The largest absolute Gasteiger partial charge is 0.410 e. The molecule has 1 heterocycles. The second-order valence-electron chi connectivity index (χ2n) is 3.00. The van der Waals surface area contributed by atoms with Gasteiger partial charge in [-0.05, 0) is 0 Å². The van der Waals surface area contributed by atoms with E-state index in [0.29, 0.717) is 6.07 Å². The van der Waals surface area contributed by atoms with Crippen LogP contribution in [0.1, 0.15) is 0 Å². The van der Waals surface area contributed by atoms with Crippen molar-refractivity contribution in [1.82, 2.24) is 4.98 Å². The van der Waals surface area contributed by atoms with Gasteiger partial charge >= 0.3 is 16.9 Å². The highest BCUT2D eigenvalue weighted by molar-refractivity contribution is 5.81. The predicted molar refractivity (Wildman–Crippen MR) is 49.7 cm³/mol. The van der Waals surface area contributed by atoms with E-state index in [0.717, 1.165) is 0 Å². The number of rotatable bonds is 1. The van der Waals surface area contributed by atoms with Crippen LogP contribution in [0.5, 0.6) is 0 Å². The summed E-state index contributed by atoms with van der Waals surface area (Å²) >= 11 is 0. The number of H-pyrrole nitrogens is 1. The monoisotopic (exact) mass is 244 g/mol. The lowest BCUT2D eigenvalue weighted by molar-refractivity contribution is -0.386. The molecule has 0 fully saturated rings. The van der Waals surface area contributed by atoms with Gasteiger partial charge in [0.15, 0.2) is 5.82 Å². The first-order chi connectivity index (χ1) is 7.91. The zero-order valence-electron chi connectivity index (χ0n) is 7.82. The molecule has 0 radical (unpaired) electrons. The van der Waals surface area contributed by atoms with Crippen LogP contribution >= 0.6 is 0 Å². The van der Waals surface area contributed by atoms with Crippen LogP contribution in [-0.2, 0) is 0 Å². The number of aromatic amines is 1. The highest BCUT2D eigenvalue weighted by Crippen LogP contribution is 2.28. The topological polar surface area (TPSA) is 106 Å². The molecule has 1 N–H and O–H groups in total. The molecule has 0 aliphatic carbocycles. The first-order valence-electron chi connectivity index (χ1n) is 4.11. The van der Waals surface area contributed by atoms with Gasteiger partial charge in [0.1, 0.15) is 0 Å². The van der Waals surface area contributed by atoms with Gasteiger partial charge < -0.3 is 9.40 Å². The Balaban J connectivity index is 3.09. The summed E-state index contributed by atoms with van der Waals surface area (Å²) in [6, 6.07) is 0.488. The normalized spacial score (nSPS) is 10.7. The van der Waals surface area contributed by atoms with Crippen molar-refractivity contribution >= 4 is 16.8 Å². The molecular weight excluding hydrogens is 242 g/mol. The molecule has 0 aliphatic rings. The van der Waals surface area contributed by atoms with E-state index in [2.05, 4.69) is 4.42 Å². The maximum atomic E-state index is 13.1. The molecule has 2 rings (SSSR count). The molecule has 0 spiro atoms. The lowest BCUT2D eigenvalue weighted by atomic mass is 10.2. The first-order valence-corrected chi connectivity index (χ1v) is 4.11. The van der Waals surface area contributed by atoms with Crippen molar-refractivity contribution < 1.29 is 18.1 Å². The molecule has 0 amide bonds. The predicted octanol–water partition coefficient (Wildman–Crippen LogP) is 0.668. The maximum absolute atomic E-state index is 13.1. The van der Waals surface area contributed by atoms with Crippen LogP contribution in [0.15, 0.2) is 20.1 Å². The molecule has 9 heteroatoms. The van der Waals surface area contributed by atoms with E-state index < -0.39 is 44.5 Å². The summed E-state index contributed by atoms with van der Waals surface area (Å²) in [6.07, 6.45) is 0. The van der Waals surface area contributed by atoms with Crippen molar-refractivity contribution in [2.45, 2.75) is 0 Å². The minimum atomic E-state index is -1.77. The third-order valence-electron chi connectivity index (χ3n) is 1.96. The first kappa shape index (κ1) is 10.9. The Bertz CT molecular complexity index is 748. The number of nitrogens with zero attached hydrogens (tertiary/aromatic N) is 1. The number of hydrogen-bond donors (Lipinski definition) is 1. The minimum Gasteiger partial charge on any atom is -0.410 e. The van der Waals surface area contributed by atoms with Gasteiger partial charge in [-0.15, -0.1) is 0 Å². The summed E-state index contributed by atoms with van der Waals surface area (Å²) in [5, 5.41) is 10.5. The fourth-order valence-corrected chi connectivity index (χ4v) is 1.27. The maximum Gasteiger partial charge on any atom is 0.402 e. The van der Waals surface area contributed by atoms with Gasteiger partial charge in [-0.2, -0.15) is 4.39 Å². The number of nitro benzene ring substituents is 1. The molecule has 0 bridgehead atoms. The second-order valence-corrected chi connectivity index (χ2v) is 3.00. The fraction of sp³-hybridized carbons (Fsp3) is 0. The van der Waals surface area contributed by atoms with Crippen LogP contribution in [0.2, 0.25) is 0 Å². The minimum absolute atomic E-state index is 0.472. The Morgan fingerprint density at radius 1 is 1.35 bits per heavy atom. The molecule has 17 heavy (non-hydrogen) atoms. The summed E-state index contributed by atoms with van der Waals surface area (Å²) in [6.45, 7) is 0. The Labute approximate surface area is 89.4 Å². The summed E-state index contributed by atoms with van der Waals surface area (Å²) in [4.78, 5) is 32.8. The second kappa shape index (κ2) is 3.47. The van der Waals surface area contributed by atoms with Crippen molar-refractivity contribution in [2.24, 2.45) is 0 Å². The van der Waals surface area contributed by atoms with Gasteiger partial charge in [-0.3, -0.25) is 14.9 Å². The van der Waals surface area contributed by atoms with Gasteiger partial charge in [0.25, 0.3) is 0 Å². The van der Waals surface area contributed by atoms with Crippen LogP contribution in [-0.4, -0.2) is 9.91 Å². The molecule has 88 valence electrons. The molecule has 1 aromatic heterocycles. The lowest BCUT2D eigenvalue weighted by Crippen LogP contribution is -2.25. The molecule has 0 saturated carbocycles. The van der Waals surface area contributed by atoms with E-state index in [9.17, 15) is 28.5 Å². The number of benzene rings is 1. The summed E-state index contributed by atoms with van der Waals surface area (Å²) in [7, 11) is 0. The smallest absolute Gasteiger partial charge is 0.402 e. The Kier molecular flexibility index (Phi) is 2.23. The number of halogens is 2. The fourth-order valence-electron chi connectivity index (χ4n) is 1.27. The molecule has 0 unspecified atom stereocenters. The van der Waals surface area contributed by atoms with E-state index in [1.165, 1.54) is 0 Å². The van der Waals surface area contributed by atoms with Crippen LogP contribution in [0.3, 0.4) is 0 Å². The Morgan fingerprint density at radius 2 is 2.00 bits per heavy atom. The van der Waals surface area contributed by atoms with E-state index in [1.54, 1.807) is 0 Å². The van der Waals surface area contributed by atoms with Crippen LogP contribution in [0.25, 0.3) is 11.1 Å². The zero-order chi connectivity index (χ0) is 12.7. The summed E-state index contributed by atoms with van der Waals surface area (Å²) in [5.74, 6) is -3.30. The van der Waals surface area contributed by atoms with E-state index in [4.69, 9.17) is 0 Å². The molecule has 2 aromatic rings. The molecule has 1 aromatic carbocycles. The quantitative estimate of drug-likeness (QED) is 0.450. The third-order valence-corrected chi connectivity index (χ3v) is 1.96. The number of hydrogen-bond acceptors (Lipinski definition) is 5. The van der Waals surface area contributed by atoms with Gasteiger partial charge in [-0.1, -0.05) is 0 Å². The van der Waals surface area contributed by atoms with Gasteiger partial charge in [0, 0.05) is 6.07 Å². The van der Waals surface area contributed by atoms with Crippen molar-refractivity contribution in [3.63, 3.8) is 0 Å². The Morgan fingerprint density at radius 3 is 2.59 bits per heavy atom. The van der Waals surface area contributed by atoms with Gasteiger partial charge in [0.2, 0.25) is 11.4 Å². The molecular formula is C8H2F2N2O5. The average molecular weight is 244 g/mol. The number of nitrogens with one attached hydrogen (secondary N) is 1. The number of fused-ring (bicyclic) bond motifs is 1. The van der Waals surface area contributed by atoms with Crippen LogP contribution in [0, 0.1) is 21.7 Å². The van der Waals surface area contributed by atoms with Crippen molar-refractivity contribution in [1.29, 1.82) is 0 Å². The highest BCUT2D eigenvalue weighted by Gasteiger charge is 2.26. The number of aromatic nitrogens is 1. The van der Waals surface area contributed by atoms with Gasteiger partial charge in [-0.25, -0.2) is 9.18 Å². The zero-order valence-corrected chi connectivity index (χ0v) is 7.82. The SMILES string of the molecule is O=c1[nH]c2cc(F)c(F)c([N+](=O)[O-])c2oc1=O. The van der Waals surface area contributed by atoms with E-state index in [-0.39, 0.29) is 0 Å². The summed E-state index contributed by atoms with van der Waals surface area (Å²) in [5.41, 5.74) is -5.29. The van der Waals surface area contributed by atoms with Crippen molar-refractivity contribution in [3.05, 3.63) is 48.6 Å². The highest BCUT2D eigenvalue weighted by atomic mass is 19.2. The van der Waals surface area contributed by atoms with Crippen molar-refractivity contribution in [3.8, 4) is 0 Å². The average Bonchev–Trinajstić information content (AvgIpc) is 2.23. The molecule has 7 nitrogen and oxygen atoms in total. The standard InChI is InChI=1S/C8H2F2N2O5/c9-2-1-3-6(5(4(2)10)12(15)16)17-8(14)7(13)11-3/h1H,(H,11,13). The molecule has 0 aliphatic heterocycles. The molecule has 0 saturated heterocycles. The third kappa shape index (κ3) is 1.57.